The Labute approximate surface area is 415 Å². The molecule has 68 heavy (non-hydrogen) atoms. The minimum absolute atomic E-state index is 0. The Morgan fingerprint density at radius 3 is 2.16 bits per heavy atom. The van der Waals surface area contributed by atoms with E-state index >= 15 is 0 Å². The maximum absolute atomic E-state index is 6.73. The smallest absolute Gasteiger partial charge is 0.135 e. The van der Waals surface area contributed by atoms with E-state index < -0.39 is 0 Å². The molecule has 13 rings (SSSR count). The third-order valence-electron chi connectivity index (χ3n) is 14.1. The van der Waals surface area contributed by atoms with E-state index in [1.807, 2.05) is 29.7 Å². The summed E-state index contributed by atoms with van der Waals surface area (Å²) in [5.74, 6) is 2.09. The van der Waals surface area contributed by atoms with Gasteiger partial charge in [0.05, 0.1) is 23.7 Å². The quantitative estimate of drug-likeness (QED) is 0.155. The molecular weight excluding hydrogens is 1030 g/mol. The number of hydrogen-bond donors (Lipinski definition) is 0. The van der Waals surface area contributed by atoms with Gasteiger partial charge in [-0.1, -0.05) is 149 Å². The molecule has 0 N–H and O–H groups in total. The first kappa shape index (κ1) is 42.4. The summed E-state index contributed by atoms with van der Waals surface area (Å²) in [4.78, 5) is 9.79. The van der Waals surface area contributed by atoms with Crippen LogP contribution in [-0.2, 0) is 31.9 Å². The monoisotopic (exact) mass is 1080 g/mol. The standard InChI is InChI=1S/C61H46N4OS.Pt/c1-60(2,3)38-32-33-62-56(34-38)65-51-24-10-7-18-42(51)43-29-28-41(36-54(43)65)66-40-17-14-16-39(35-40)63-37-64(53-26-12-11-25-52(53)63)58-45(30-31-50-57(58)48-20-6-9-23-49(48)61(50,4)5)47-22-15-21-46-44-19-8-13-27-55(44)67-59(46)47;/h6-34H,37H2,1-5H3;/q-2;. The van der Waals surface area contributed by atoms with E-state index in [9.17, 15) is 0 Å². The molecule has 0 saturated carbocycles. The summed E-state index contributed by atoms with van der Waals surface area (Å²) in [7, 11) is 0. The number of rotatable bonds is 6. The molecule has 5 nitrogen and oxygen atoms in total. The number of thiophene rings is 1. The molecule has 0 unspecified atom stereocenters. The van der Waals surface area contributed by atoms with Crippen molar-refractivity contribution >= 4 is 76.1 Å². The molecule has 0 saturated heterocycles. The van der Waals surface area contributed by atoms with Crippen LogP contribution in [-0.4, -0.2) is 16.2 Å². The largest absolute Gasteiger partial charge is 0.509 e. The van der Waals surface area contributed by atoms with Gasteiger partial charge in [0.1, 0.15) is 5.82 Å². The first-order chi connectivity index (χ1) is 32.6. The summed E-state index contributed by atoms with van der Waals surface area (Å²) in [5, 5.41) is 4.84. The third kappa shape index (κ3) is 6.49. The maximum atomic E-state index is 6.73. The van der Waals surface area contributed by atoms with Crippen LogP contribution in [0.3, 0.4) is 0 Å². The van der Waals surface area contributed by atoms with Crippen molar-refractivity contribution in [3.8, 4) is 39.6 Å². The molecule has 0 spiro atoms. The minimum Gasteiger partial charge on any atom is -0.509 e. The van der Waals surface area contributed by atoms with Gasteiger partial charge in [0.2, 0.25) is 0 Å². The van der Waals surface area contributed by atoms with E-state index in [1.54, 1.807) is 0 Å². The third-order valence-corrected chi connectivity index (χ3v) is 15.3. The average Bonchev–Trinajstić information content (AvgIpc) is 4.08. The summed E-state index contributed by atoms with van der Waals surface area (Å²) in [6.07, 6.45) is 1.91. The van der Waals surface area contributed by atoms with Crippen LogP contribution in [0, 0.1) is 12.1 Å². The van der Waals surface area contributed by atoms with Gasteiger partial charge in [0.15, 0.2) is 0 Å². The molecular formula is C61H46N4OPtS-2. The number of para-hydroxylation sites is 3. The van der Waals surface area contributed by atoms with Crippen molar-refractivity contribution in [1.82, 2.24) is 9.55 Å². The second kappa shape index (κ2) is 15.8. The Morgan fingerprint density at radius 2 is 1.31 bits per heavy atom. The molecule has 0 bridgehead atoms. The first-order valence-corrected chi connectivity index (χ1v) is 23.9. The Hall–Kier alpha value is -6.98. The predicted octanol–water partition coefficient (Wildman–Crippen LogP) is 16.5. The number of fused-ring (bicyclic) bond motifs is 10. The van der Waals surface area contributed by atoms with Gasteiger partial charge in [0.25, 0.3) is 0 Å². The van der Waals surface area contributed by atoms with Crippen LogP contribution in [0.15, 0.2) is 176 Å². The number of anilines is 4. The summed E-state index contributed by atoms with van der Waals surface area (Å²) < 4.78 is 11.6. The molecule has 0 radical (unpaired) electrons. The summed E-state index contributed by atoms with van der Waals surface area (Å²) in [5.41, 5.74) is 15.2. The fraction of sp³-hybridized carbons (Fsp3) is 0.131. The first-order valence-electron chi connectivity index (χ1n) is 23.1. The van der Waals surface area contributed by atoms with Gasteiger partial charge < -0.3 is 19.1 Å². The van der Waals surface area contributed by atoms with Crippen molar-refractivity contribution in [2.24, 2.45) is 0 Å². The van der Waals surface area contributed by atoms with Gasteiger partial charge in [0, 0.05) is 86.6 Å². The summed E-state index contributed by atoms with van der Waals surface area (Å²) >= 11 is 1.89. The van der Waals surface area contributed by atoms with Crippen molar-refractivity contribution in [2.45, 2.75) is 45.4 Å². The van der Waals surface area contributed by atoms with Gasteiger partial charge in [-0.25, -0.2) is 4.98 Å². The Kier molecular flexibility index (Phi) is 9.85. The summed E-state index contributed by atoms with van der Waals surface area (Å²) in [6.45, 7) is 12.0. The van der Waals surface area contributed by atoms with E-state index in [-0.39, 0.29) is 31.9 Å². The maximum Gasteiger partial charge on any atom is 0.135 e. The number of hydrogen-bond acceptors (Lipinski definition) is 5. The fourth-order valence-electron chi connectivity index (χ4n) is 10.8. The van der Waals surface area contributed by atoms with E-state index in [4.69, 9.17) is 9.72 Å². The molecule has 0 amide bonds. The molecule has 1 aliphatic carbocycles. The topological polar surface area (TPSA) is 33.5 Å². The zero-order chi connectivity index (χ0) is 45.2. The molecule has 8 aromatic carbocycles. The second-order valence-electron chi connectivity index (χ2n) is 19.4. The van der Waals surface area contributed by atoms with E-state index in [1.165, 1.54) is 64.8 Å². The van der Waals surface area contributed by atoms with Gasteiger partial charge in [-0.2, -0.15) is 12.1 Å². The number of ether oxygens (including phenoxy) is 1. The molecule has 11 aromatic rings. The van der Waals surface area contributed by atoms with Crippen LogP contribution < -0.4 is 14.5 Å². The van der Waals surface area contributed by atoms with E-state index in [0.29, 0.717) is 18.2 Å². The molecule has 334 valence electrons. The minimum atomic E-state index is -0.164. The Balaban J connectivity index is 0.00000480. The SMILES string of the molecule is CC(C)(C)c1ccnc(-n2c3[c-]c(Oc4[c-]c(N5CN(c6c(-c7cccc8c7sc7ccccc78)ccc7c6-c6ccccc6C7(C)C)c6ccccc65)ccc4)ccc3c3ccccc32)c1.[Pt]. The van der Waals surface area contributed by atoms with Crippen LogP contribution in [0.5, 0.6) is 11.5 Å². The average molecular weight is 1080 g/mol. The van der Waals surface area contributed by atoms with Crippen LogP contribution >= 0.6 is 11.3 Å². The Morgan fingerprint density at radius 1 is 0.603 bits per heavy atom. The second-order valence-corrected chi connectivity index (χ2v) is 20.5. The predicted molar refractivity (Wildman–Crippen MR) is 279 cm³/mol. The number of benzene rings is 8. The van der Waals surface area contributed by atoms with E-state index in [0.717, 1.165) is 44.7 Å². The van der Waals surface area contributed by atoms with Crippen molar-refractivity contribution in [1.29, 1.82) is 0 Å². The van der Waals surface area contributed by atoms with E-state index in [2.05, 4.69) is 219 Å². The fourth-order valence-corrected chi connectivity index (χ4v) is 12.0. The van der Waals surface area contributed by atoms with Gasteiger partial charge in [-0.15, -0.1) is 47.1 Å². The molecule has 4 heterocycles. The van der Waals surface area contributed by atoms with Crippen LogP contribution in [0.1, 0.15) is 51.3 Å². The molecule has 0 atom stereocenters. The number of nitrogens with zero attached hydrogens (tertiary/aromatic N) is 4. The molecule has 2 aliphatic rings. The number of aromatic nitrogens is 2. The molecule has 1 aliphatic heterocycles. The zero-order valence-corrected chi connectivity index (χ0v) is 41.5. The molecule has 3 aromatic heterocycles. The van der Waals surface area contributed by atoms with Gasteiger partial charge >= 0.3 is 0 Å². The van der Waals surface area contributed by atoms with Gasteiger partial charge in [-0.05, 0) is 69.5 Å². The van der Waals surface area contributed by atoms with Crippen molar-refractivity contribution in [2.75, 3.05) is 16.5 Å². The molecule has 0 fully saturated rings. The normalized spacial score (nSPS) is 13.8. The zero-order valence-electron chi connectivity index (χ0n) is 38.4. The van der Waals surface area contributed by atoms with Crippen LogP contribution in [0.2, 0.25) is 0 Å². The van der Waals surface area contributed by atoms with Crippen molar-refractivity contribution in [3.05, 3.63) is 205 Å². The van der Waals surface area contributed by atoms with Crippen molar-refractivity contribution < 1.29 is 25.8 Å². The summed E-state index contributed by atoms with van der Waals surface area (Å²) in [6, 6.07) is 68.7. The van der Waals surface area contributed by atoms with Crippen LogP contribution in [0.4, 0.5) is 22.7 Å². The number of pyridine rings is 1. The van der Waals surface area contributed by atoms with Gasteiger partial charge in [-0.3, -0.25) is 0 Å². The van der Waals surface area contributed by atoms with Crippen LogP contribution in [0.25, 0.3) is 70.0 Å². The molecule has 7 heteroatoms. The Bertz CT molecular complexity index is 3820. The van der Waals surface area contributed by atoms with Crippen molar-refractivity contribution in [3.63, 3.8) is 0 Å².